The third kappa shape index (κ3) is 5.17. The molecule has 0 unspecified atom stereocenters. The molecule has 2 aromatic rings. The fourth-order valence-corrected chi connectivity index (χ4v) is 3.89. The third-order valence-electron chi connectivity index (χ3n) is 5.14. The molecule has 150 valence electrons. The lowest BCUT2D eigenvalue weighted by atomic mass is 10.0. The van der Waals surface area contributed by atoms with Crippen LogP contribution >= 0.6 is 23.2 Å². The van der Waals surface area contributed by atoms with E-state index in [2.05, 4.69) is 4.90 Å². The second kappa shape index (κ2) is 9.14. The number of nitrogens with two attached hydrogens (primary N) is 1. The van der Waals surface area contributed by atoms with Crippen LogP contribution in [0.3, 0.4) is 0 Å². The van der Waals surface area contributed by atoms with Crippen LogP contribution in [0.25, 0.3) is 0 Å². The number of hydrogen-bond donors (Lipinski definition) is 2. The van der Waals surface area contributed by atoms with Crippen molar-refractivity contribution in [1.29, 1.82) is 0 Å². The zero-order valence-electron chi connectivity index (χ0n) is 15.8. The van der Waals surface area contributed by atoms with Gasteiger partial charge in [0.2, 0.25) is 5.91 Å². The molecular weight excluding hydrogens is 397 g/mol. The van der Waals surface area contributed by atoms with Crippen molar-refractivity contribution in [1.82, 2.24) is 9.80 Å². The smallest absolute Gasteiger partial charge is 0.226 e. The number of rotatable bonds is 6. The lowest BCUT2D eigenvalue weighted by molar-refractivity contribution is -0.129. The van der Waals surface area contributed by atoms with E-state index in [4.69, 9.17) is 28.9 Å². The Hall–Kier alpha value is -1.79. The first kappa shape index (κ1) is 20.9. The summed E-state index contributed by atoms with van der Waals surface area (Å²) in [5, 5.41) is 10.9. The molecule has 0 aliphatic carbocycles. The second-order valence-electron chi connectivity index (χ2n) is 7.32. The summed E-state index contributed by atoms with van der Waals surface area (Å²) in [7, 11) is 1.80. The molecule has 5 nitrogen and oxygen atoms in total. The molecule has 0 spiro atoms. The molecule has 1 amide bonds. The Bertz CT molecular complexity index is 846. The van der Waals surface area contributed by atoms with Crippen molar-refractivity contribution in [3.05, 3.63) is 63.6 Å². The molecule has 7 heteroatoms. The Morgan fingerprint density at radius 2 is 2.07 bits per heavy atom. The van der Waals surface area contributed by atoms with E-state index >= 15 is 0 Å². The number of likely N-dealkylation sites (N-methyl/N-ethyl adjacent to an activating group) is 1. The average molecular weight is 422 g/mol. The van der Waals surface area contributed by atoms with Crippen LogP contribution in [-0.2, 0) is 11.2 Å². The summed E-state index contributed by atoms with van der Waals surface area (Å²) in [5.74, 6) is -0.00737. The van der Waals surface area contributed by atoms with Crippen LogP contribution in [0.5, 0.6) is 0 Å². The fourth-order valence-electron chi connectivity index (χ4n) is 3.57. The number of halogens is 2. The SMILES string of the molecule is CN(C[C@@H](c1cccc(N)c1)N1CC[C@H](O)C1)C(=O)Cc1ccc(Cl)c(Cl)c1. The lowest BCUT2D eigenvalue weighted by Crippen LogP contribution is -2.39. The topological polar surface area (TPSA) is 69.8 Å². The molecule has 3 N–H and O–H groups in total. The van der Waals surface area contributed by atoms with Crippen molar-refractivity contribution in [2.24, 2.45) is 0 Å². The van der Waals surface area contributed by atoms with Gasteiger partial charge in [-0.3, -0.25) is 9.69 Å². The van der Waals surface area contributed by atoms with Crippen molar-refractivity contribution in [2.75, 3.05) is 32.4 Å². The highest BCUT2D eigenvalue weighted by molar-refractivity contribution is 6.42. The van der Waals surface area contributed by atoms with E-state index in [9.17, 15) is 9.90 Å². The van der Waals surface area contributed by atoms with E-state index in [-0.39, 0.29) is 24.5 Å². The summed E-state index contributed by atoms with van der Waals surface area (Å²) < 4.78 is 0. The highest BCUT2D eigenvalue weighted by Gasteiger charge is 2.30. The number of benzene rings is 2. The van der Waals surface area contributed by atoms with Gasteiger partial charge in [-0.15, -0.1) is 0 Å². The van der Waals surface area contributed by atoms with Crippen LogP contribution in [-0.4, -0.2) is 53.6 Å². The van der Waals surface area contributed by atoms with Crippen LogP contribution < -0.4 is 5.73 Å². The number of β-amino-alcohol motifs (C(OH)–C–C–N with tert-alkyl or cyclic N) is 1. The minimum atomic E-state index is -0.333. The molecule has 1 aliphatic heterocycles. The molecule has 28 heavy (non-hydrogen) atoms. The summed E-state index contributed by atoms with van der Waals surface area (Å²) in [6, 6.07) is 12.9. The van der Waals surface area contributed by atoms with Crippen LogP contribution in [0.1, 0.15) is 23.6 Å². The molecular formula is C21H25Cl2N3O2. The highest BCUT2D eigenvalue weighted by Crippen LogP contribution is 2.28. The Morgan fingerprint density at radius 1 is 1.29 bits per heavy atom. The summed E-state index contributed by atoms with van der Waals surface area (Å²) in [4.78, 5) is 16.7. The summed E-state index contributed by atoms with van der Waals surface area (Å²) in [6.45, 7) is 1.89. The highest BCUT2D eigenvalue weighted by atomic mass is 35.5. The molecule has 2 atom stereocenters. The molecule has 1 saturated heterocycles. The number of nitrogen functional groups attached to an aromatic ring is 1. The standard InChI is InChI=1S/C21H25Cl2N3O2/c1-25(21(28)10-14-5-6-18(22)19(23)9-14)13-20(26-8-7-17(27)12-26)15-3-2-4-16(24)11-15/h2-6,9,11,17,20,27H,7-8,10,12-13,24H2,1H3/t17-,20-/m0/s1. The molecule has 0 saturated carbocycles. The number of likely N-dealkylation sites (tertiary alicyclic amines) is 1. The number of carbonyl (C=O) groups is 1. The van der Waals surface area contributed by atoms with Gasteiger partial charge in [-0.25, -0.2) is 0 Å². The predicted molar refractivity (Wildman–Crippen MR) is 114 cm³/mol. The Labute approximate surface area is 175 Å². The molecule has 0 aromatic heterocycles. The third-order valence-corrected chi connectivity index (χ3v) is 5.88. The van der Waals surface area contributed by atoms with Gasteiger partial charge < -0.3 is 15.7 Å². The summed E-state index contributed by atoms with van der Waals surface area (Å²) in [6.07, 6.45) is 0.653. The Morgan fingerprint density at radius 3 is 2.71 bits per heavy atom. The van der Waals surface area contributed by atoms with E-state index in [1.54, 1.807) is 24.1 Å². The number of nitrogens with zero attached hydrogens (tertiary/aromatic N) is 2. The number of carbonyl (C=O) groups excluding carboxylic acids is 1. The number of anilines is 1. The Kier molecular flexibility index (Phi) is 6.83. The molecule has 0 radical (unpaired) electrons. The molecule has 1 heterocycles. The van der Waals surface area contributed by atoms with Crippen LogP contribution in [0.4, 0.5) is 5.69 Å². The van der Waals surface area contributed by atoms with E-state index in [1.807, 2.05) is 30.3 Å². The van der Waals surface area contributed by atoms with Gasteiger partial charge in [0.25, 0.3) is 0 Å². The first-order chi connectivity index (χ1) is 13.3. The largest absolute Gasteiger partial charge is 0.399 e. The van der Waals surface area contributed by atoms with Gasteiger partial charge in [-0.05, 0) is 41.8 Å². The number of hydrogen-bond acceptors (Lipinski definition) is 4. The fraction of sp³-hybridized carbons (Fsp3) is 0.381. The number of amides is 1. The maximum absolute atomic E-state index is 12.8. The zero-order chi connectivity index (χ0) is 20.3. The monoisotopic (exact) mass is 421 g/mol. The predicted octanol–water partition coefficient (Wildman–Crippen LogP) is 3.38. The van der Waals surface area contributed by atoms with Crippen LogP contribution in [0.15, 0.2) is 42.5 Å². The second-order valence-corrected chi connectivity index (χ2v) is 8.14. The maximum Gasteiger partial charge on any atom is 0.226 e. The van der Waals surface area contributed by atoms with Gasteiger partial charge in [0, 0.05) is 32.4 Å². The van der Waals surface area contributed by atoms with Crippen molar-refractivity contribution in [2.45, 2.75) is 25.0 Å². The van der Waals surface area contributed by atoms with Crippen LogP contribution in [0, 0.1) is 0 Å². The van der Waals surface area contributed by atoms with Gasteiger partial charge in [-0.1, -0.05) is 41.4 Å². The summed E-state index contributed by atoms with van der Waals surface area (Å²) in [5.41, 5.74) is 8.52. The van der Waals surface area contributed by atoms with Crippen LogP contribution in [0.2, 0.25) is 10.0 Å². The molecule has 3 rings (SSSR count). The zero-order valence-corrected chi connectivity index (χ0v) is 17.3. The van der Waals surface area contributed by atoms with Crippen molar-refractivity contribution in [3.63, 3.8) is 0 Å². The first-order valence-corrected chi connectivity index (χ1v) is 10.0. The number of aliphatic hydroxyl groups excluding tert-OH is 1. The molecule has 1 fully saturated rings. The van der Waals surface area contributed by atoms with E-state index < -0.39 is 0 Å². The maximum atomic E-state index is 12.8. The summed E-state index contributed by atoms with van der Waals surface area (Å²) >= 11 is 12.0. The van der Waals surface area contributed by atoms with Crippen molar-refractivity contribution in [3.8, 4) is 0 Å². The van der Waals surface area contributed by atoms with Crippen molar-refractivity contribution < 1.29 is 9.90 Å². The van der Waals surface area contributed by atoms with E-state index in [0.717, 1.165) is 24.1 Å². The van der Waals surface area contributed by atoms with Gasteiger partial charge in [0.1, 0.15) is 0 Å². The first-order valence-electron chi connectivity index (χ1n) is 9.29. The van der Waals surface area contributed by atoms with Gasteiger partial charge in [-0.2, -0.15) is 0 Å². The van der Waals surface area contributed by atoms with Gasteiger partial charge in [0.15, 0.2) is 0 Å². The molecule has 1 aliphatic rings. The van der Waals surface area contributed by atoms with Gasteiger partial charge in [0.05, 0.1) is 28.6 Å². The number of aliphatic hydroxyl groups is 1. The van der Waals surface area contributed by atoms with Crippen molar-refractivity contribution >= 4 is 34.8 Å². The van der Waals surface area contributed by atoms with E-state index in [1.165, 1.54) is 0 Å². The minimum absolute atomic E-state index is 0.00737. The minimum Gasteiger partial charge on any atom is -0.399 e. The molecule has 2 aromatic carbocycles. The average Bonchev–Trinajstić information content (AvgIpc) is 3.08. The van der Waals surface area contributed by atoms with E-state index in [0.29, 0.717) is 28.8 Å². The van der Waals surface area contributed by atoms with Gasteiger partial charge >= 0.3 is 0 Å². The quantitative estimate of drug-likeness (QED) is 0.701. The Balaban J connectivity index is 1.73. The normalized spacial score (nSPS) is 18.2. The molecule has 0 bridgehead atoms. The lowest BCUT2D eigenvalue weighted by Gasteiger charge is -2.32.